The molecule has 0 amide bonds. The first-order valence-electron chi connectivity index (χ1n) is 9.86. The molecule has 0 radical (unpaired) electrons. The number of rotatable bonds is 6. The van der Waals surface area contributed by atoms with Crippen LogP contribution in [0.4, 0.5) is 0 Å². The number of hydrogen-bond acceptors (Lipinski definition) is 5. The molecule has 4 saturated carbocycles. The third kappa shape index (κ3) is 3.38. The van der Waals surface area contributed by atoms with Crippen LogP contribution < -0.4 is 9.05 Å². The normalized spacial score (nSPS) is 31.0. The van der Waals surface area contributed by atoms with Crippen molar-refractivity contribution in [1.29, 1.82) is 0 Å². The molecule has 4 fully saturated rings. The highest BCUT2D eigenvalue weighted by molar-refractivity contribution is 7.49. The number of benzene rings is 2. The highest BCUT2D eigenvalue weighted by Gasteiger charge is 2.59. The van der Waals surface area contributed by atoms with Gasteiger partial charge in [-0.25, -0.2) is 4.57 Å². The van der Waals surface area contributed by atoms with Gasteiger partial charge in [0.25, 0.3) is 0 Å². The van der Waals surface area contributed by atoms with Gasteiger partial charge in [-0.1, -0.05) is 36.4 Å². The Kier molecular flexibility index (Phi) is 4.33. The summed E-state index contributed by atoms with van der Waals surface area (Å²) in [6.45, 7) is 0. The quantitative estimate of drug-likeness (QED) is 0.608. The van der Waals surface area contributed by atoms with E-state index in [1.54, 1.807) is 24.3 Å². The largest absolute Gasteiger partial charge is 0.588 e. The van der Waals surface area contributed by atoms with Crippen LogP contribution in [-0.2, 0) is 13.9 Å². The highest BCUT2D eigenvalue weighted by Crippen LogP contribution is 2.62. The van der Waals surface area contributed by atoms with E-state index >= 15 is 0 Å². The van der Waals surface area contributed by atoms with Gasteiger partial charge in [0.2, 0.25) is 0 Å². The number of phosphoric ester groups is 1. The van der Waals surface area contributed by atoms with Crippen molar-refractivity contribution in [3.8, 4) is 11.5 Å². The first-order valence-corrected chi connectivity index (χ1v) is 11.3. The molecular weight excluding hydrogens is 375 g/mol. The molecule has 0 aromatic heterocycles. The van der Waals surface area contributed by atoms with Crippen molar-refractivity contribution >= 4 is 13.6 Å². The Morgan fingerprint density at radius 1 is 0.786 bits per heavy atom. The van der Waals surface area contributed by atoms with E-state index < -0.39 is 13.4 Å². The molecule has 4 bridgehead atoms. The van der Waals surface area contributed by atoms with Crippen LogP contribution in [0.3, 0.4) is 0 Å². The molecule has 2 atom stereocenters. The van der Waals surface area contributed by atoms with Crippen LogP contribution in [0.2, 0.25) is 0 Å². The van der Waals surface area contributed by atoms with Gasteiger partial charge in [-0.3, -0.25) is 9.32 Å². The number of para-hydroxylation sites is 2. The minimum absolute atomic E-state index is 0.0214. The molecule has 2 aromatic carbocycles. The Labute approximate surface area is 164 Å². The average Bonchev–Trinajstić information content (AvgIpc) is 2.66. The van der Waals surface area contributed by atoms with Gasteiger partial charge < -0.3 is 9.05 Å². The van der Waals surface area contributed by atoms with Crippen molar-refractivity contribution < 1.29 is 22.9 Å². The van der Waals surface area contributed by atoms with Crippen molar-refractivity contribution in [2.24, 2.45) is 17.8 Å². The Hall–Kier alpha value is -2.10. The second-order valence-electron chi connectivity index (χ2n) is 8.28. The van der Waals surface area contributed by atoms with E-state index in [9.17, 15) is 9.36 Å². The number of hydrogen-bond donors (Lipinski definition) is 0. The minimum Gasteiger partial charge on any atom is -0.395 e. The molecule has 0 heterocycles. The SMILES string of the molecule is O=C1C2CC3CC1CC(OP(=O)(Oc1ccccc1)Oc1ccccc1)(C3)C2. The maximum absolute atomic E-state index is 13.8. The number of Topliss-reactive ketones (excluding diaryl/α,β-unsaturated/α-hetero) is 1. The Morgan fingerprint density at radius 3 is 1.79 bits per heavy atom. The van der Waals surface area contributed by atoms with Gasteiger partial charge >= 0.3 is 7.82 Å². The summed E-state index contributed by atoms with van der Waals surface area (Å²) in [4.78, 5) is 12.5. The van der Waals surface area contributed by atoms with Crippen LogP contribution in [-0.4, -0.2) is 11.4 Å². The first-order chi connectivity index (χ1) is 13.5. The van der Waals surface area contributed by atoms with E-state index in [1.165, 1.54) is 0 Å². The summed E-state index contributed by atoms with van der Waals surface area (Å²) < 4.78 is 31.6. The van der Waals surface area contributed by atoms with E-state index in [-0.39, 0.29) is 11.8 Å². The maximum atomic E-state index is 13.8. The van der Waals surface area contributed by atoms with E-state index in [4.69, 9.17) is 13.6 Å². The summed E-state index contributed by atoms with van der Waals surface area (Å²) >= 11 is 0. The summed E-state index contributed by atoms with van der Waals surface area (Å²) in [6, 6.07) is 17.9. The number of carbonyl (C=O) groups is 1. The van der Waals surface area contributed by atoms with Gasteiger partial charge in [-0.2, -0.15) is 0 Å². The molecule has 0 N–H and O–H groups in total. The van der Waals surface area contributed by atoms with Crippen LogP contribution in [0.1, 0.15) is 32.1 Å². The lowest BCUT2D eigenvalue weighted by atomic mass is 9.54. The van der Waals surface area contributed by atoms with Gasteiger partial charge in [0, 0.05) is 11.8 Å². The summed E-state index contributed by atoms with van der Waals surface area (Å²) in [5.41, 5.74) is -0.608. The van der Waals surface area contributed by atoms with Crippen molar-refractivity contribution in [1.82, 2.24) is 0 Å². The zero-order chi connectivity index (χ0) is 19.2. The van der Waals surface area contributed by atoms with Gasteiger partial charge in [0.1, 0.15) is 17.3 Å². The summed E-state index contributed by atoms with van der Waals surface area (Å²) in [6.07, 6.45) is 3.90. The zero-order valence-electron chi connectivity index (χ0n) is 15.5. The standard InChI is InChI=1S/C22H23O5P/c23-21-17-11-16-12-18(21)15-22(13-16,14-17)27-28(24,25-19-7-3-1-4-8-19)26-20-9-5-2-6-10-20/h1-10,16-18H,11-15H2. The van der Waals surface area contributed by atoms with Crippen LogP contribution in [0.5, 0.6) is 11.5 Å². The number of ketones is 1. The van der Waals surface area contributed by atoms with Gasteiger partial charge in [0.15, 0.2) is 0 Å². The van der Waals surface area contributed by atoms with Crippen LogP contribution in [0.25, 0.3) is 0 Å². The van der Waals surface area contributed by atoms with Gasteiger partial charge in [-0.15, -0.1) is 0 Å². The molecule has 0 saturated heterocycles. The van der Waals surface area contributed by atoms with Crippen molar-refractivity contribution in [2.45, 2.75) is 37.7 Å². The predicted molar refractivity (Wildman–Crippen MR) is 104 cm³/mol. The van der Waals surface area contributed by atoms with E-state index in [0.29, 0.717) is 36.0 Å². The van der Waals surface area contributed by atoms with Crippen LogP contribution >= 0.6 is 7.82 Å². The third-order valence-corrected chi connectivity index (χ3v) is 7.64. The lowest BCUT2D eigenvalue weighted by Gasteiger charge is -2.54. The van der Waals surface area contributed by atoms with Gasteiger partial charge in [0.05, 0.1) is 5.60 Å². The molecule has 6 heteroatoms. The fourth-order valence-corrected chi connectivity index (χ4v) is 6.87. The average molecular weight is 398 g/mol. The van der Waals surface area contributed by atoms with E-state index in [2.05, 4.69) is 0 Å². The van der Waals surface area contributed by atoms with E-state index in [0.717, 1.165) is 19.3 Å². The van der Waals surface area contributed by atoms with Crippen LogP contribution in [0, 0.1) is 17.8 Å². The molecule has 2 unspecified atom stereocenters. The molecule has 2 aromatic rings. The molecule has 0 spiro atoms. The zero-order valence-corrected chi connectivity index (χ0v) is 16.4. The van der Waals surface area contributed by atoms with E-state index in [1.807, 2.05) is 36.4 Å². The smallest absolute Gasteiger partial charge is 0.395 e. The number of phosphoric acid groups is 1. The molecular formula is C22H23O5P. The van der Waals surface area contributed by atoms with Crippen LogP contribution in [0.15, 0.2) is 60.7 Å². The summed E-state index contributed by atoms with van der Waals surface area (Å²) in [5, 5.41) is 0. The predicted octanol–water partition coefficient (Wildman–Crippen LogP) is 5.42. The lowest BCUT2D eigenvalue weighted by molar-refractivity contribution is -0.158. The molecule has 6 rings (SSSR count). The monoisotopic (exact) mass is 398 g/mol. The lowest BCUT2D eigenvalue weighted by Crippen LogP contribution is -2.56. The molecule has 4 aliphatic rings. The van der Waals surface area contributed by atoms with Crippen molar-refractivity contribution in [2.75, 3.05) is 0 Å². The molecule has 28 heavy (non-hydrogen) atoms. The third-order valence-electron chi connectivity index (χ3n) is 6.16. The summed E-state index contributed by atoms with van der Waals surface area (Å²) in [7, 11) is -3.94. The second-order valence-corrected chi connectivity index (χ2v) is 9.72. The Bertz CT molecular complexity index is 850. The molecule has 0 aliphatic heterocycles. The first kappa shape index (κ1) is 18.0. The van der Waals surface area contributed by atoms with Crippen molar-refractivity contribution in [3.63, 3.8) is 0 Å². The van der Waals surface area contributed by atoms with Gasteiger partial charge in [-0.05, 0) is 62.3 Å². The highest BCUT2D eigenvalue weighted by atomic mass is 31.2. The fourth-order valence-electron chi connectivity index (χ4n) is 5.30. The number of carbonyl (C=O) groups excluding carboxylic acids is 1. The fraction of sp³-hybridized carbons (Fsp3) is 0.409. The second kappa shape index (κ2) is 6.75. The molecule has 5 nitrogen and oxygen atoms in total. The molecule has 146 valence electrons. The minimum atomic E-state index is -3.94. The van der Waals surface area contributed by atoms with Crippen molar-refractivity contribution in [3.05, 3.63) is 60.7 Å². The summed E-state index contributed by atoms with van der Waals surface area (Å²) in [5.74, 6) is 1.72. The topological polar surface area (TPSA) is 61.8 Å². The Balaban J connectivity index is 1.45. The Morgan fingerprint density at radius 2 is 1.29 bits per heavy atom. The maximum Gasteiger partial charge on any atom is 0.588 e. The molecule has 4 aliphatic carbocycles.